The van der Waals surface area contributed by atoms with E-state index in [4.69, 9.17) is 4.42 Å². The third-order valence-electron chi connectivity index (χ3n) is 5.39. The van der Waals surface area contributed by atoms with E-state index < -0.39 is 23.6 Å². The SMILES string of the molecule is Cc1c(C(=O)Nc2cccc(C(F)(F)F)c2)oc2c1/C(=N/NC(=O)c1ccccc1Br)CCC2. The summed E-state index contributed by atoms with van der Waals surface area (Å²) in [6.07, 6.45) is -2.67. The average Bonchev–Trinajstić information content (AvgIpc) is 3.14. The number of hydrogen-bond acceptors (Lipinski definition) is 4. The Morgan fingerprint density at radius 2 is 1.82 bits per heavy atom. The van der Waals surface area contributed by atoms with Crippen molar-refractivity contribution in [1.29, 1.82) is 0 Å². The minimum Gasteiger partial charge on any atom is -0.455 e. The average molecular weight is 534 g/mol. The van der Waals surface area contributed by atoms with E-state index in [2.05, 4.69) is 31.8 Å². The van der Waals surface area contributed by atoms with Crippen molar-refractivity contribution in [2.45, 2.75) is 32.4 Å². The predicted molar refractivity (Wildman–Crippen MR) is 124 cm³/mol. The van der Waals surface area contributed by atoms with Crippen molar-refractivity contribution in [2.24, 2.45) is 5.10 Å². The molecule has 0 unspecified atom stereocenters. The number of hydrogen-bond donors (Lipinski definition) is 2. The largest absolute Gasteiger partial charge is 0.455 e. The Bertz CT molecular complexity index is 1300. The number of nitrogens with zero attached hydrogens (tertiary/aromatic N) is 1. The first kappa shape index (κ1) is 23.7. The molecule has 34 heavy (non-hydrogen) atoms. The Balaban J connectivity index is 1.57. The standard InChI is InChI=1S/C24H19BrF3N3O3/c1-13-20-18(30-31-22(32)16-8-2-3-9-17(16)25)10-5-11-19(20)34-21(13)23(33)29-15-7-4-6-14(12-15)24(26,27)28/h2-4,6-9,12H,5,10-11H2,1H3,(H,29,33)(H,31,32)/b30-18+. The number of hydrazone groups is 1. The highest BCUT2D eigenvalue weighted by Gasteiger charge is 2.31. The summed E-state index contributed by atoms with van der Waals surface area (Å²) in [5, 5.41) is 6.74. The van der Waals surface area contributed by atoms with Gasteiger partial charge in [-0.05, 0) is 66.0 Å². The first-order chi connectivity index (χ1) is 16.1. The van der Waals surface area contributed by atoms with E-state index in [0.717, 1.165) is 12.1 Å². The lowest BCUT2D eigenvalue weighted by Crippen LogP contribution is -2.22. The second-order valence-electron chi connectivity index (χ2n) is 7.72. The molecule has 1 aliphatic rings. The van der Waals surface area contributed by atoms with Gasteiger partial charge >= 0.3 is 6.18 Å². The molecule has 0 bridgehead atoms. The molecule has 10 heteroatoms. The van der Waals surface area contributed by atoms with Gasteiger partial charge in [0, 0.05) is 27.7 Å². The Morgan fingerprint density at radius 3 is 2.56 bits per heavy atom. The fraction of sp³-hybridized carbons (Fsp3) is 0.208. The molecule has 0 saturated carbocycles. The molecule has 0 radical (unpaired) electrons. The monoisotopic (exact) mass is 533 g/mol. The number of halogens is 4. The fourth-order valence-electron chi connectivity index (χ4n) is 3.78. The summed E-state index contributed by atoms with van der Waals surface area (Å²) in [6, 6.07) is 11.3. The van der Waals surface area contributed by atoms with Crippen molar-refractivity contribution in [2.75, 3.05) is 5.32 Å². The van der Waals surface area contributed by atoms with Gasteiger partial charge < -0.3 is 9.73 Å². The lowest BCUT2D eigenvalue weighted by atomic mass is 9.93. The summed E-state index contributed by atoms with van der Waals surface area (Å²) in [5.41, 5.74) is 3.82. The second kappa shape index (κ2) is 9.46. The van der Waals surface area contributed by atoms with Crippen LogP contribution < -0.4 is 10.7 Å². The maximum atomic E-state index is 13.0. The van der Waals surface area contributed by atoms with E-state index >= 15 is 0 Å². The molecule has 6 nitrogen and oxygen atoms in total. The van der Waals surface area contributed by atoms with Crippen LogP contribution in [0, 0.1) is 6.92 Å². The molecule has 1 heterocycles. The molecule has 0 aliphatic heterocycles. The van der Waals surface area contributed by atoms with Gasteiger partial charge in [0.2, 0.25) is 0 Å². The van der Waals surface area contributed by atoms with Crippen molar-refractivity contribution in [1.82, 2.24) is 5.43 Å². The summed E-state index contributed by atoms with van der Waals surface area (Å²) >= 11 is 3.33. The lowest BCUT2D eigenvalue weighted by Gasteiger charge is -2.13. The minimum atomic E-state index is -4.52. The number of benzene rings is 2. The quantitative estimate of drug-likeness (QED) is 0.398. The van der Waals surface area contributed by atoms with Gasteiger partial charge in [0.25, 0.3) is 11.8 Å². The lowest BCUT2D eigenvalue weighted by molar-refractivity contribution is -0.137. The topological polar surface area (TPSA) is 83.7 Å². The molecule has 1 aromatic heterocycles. The van der Waals surface area contributed by atoms with Crippen molar-refractivity contribution in [3.05, 3.63) is 86.8 Å². The van der Waals surface area contributed by atoms with Crippen LogP contribution in [-0.2, 0) is 12.6 Å². The van der Waals surface area contributed by atoms with Crippen LogP contribution in [-0.4, -0.2) is 17.5 Å². The highest BCUT2D eigenvalue weighted by atomic mass is 79.9. The minimum absolute atomic E-state index is 0.00295. The number of aryl methyl sites for hydroxylation is 1. The van der Waals surface area contributed by atoms with Gasteiger partial charge in [-0.25, -0.2) is 5.43 Å². The summed E-state index contributed by atoms with van der Waals surface area (Å²) < 4.78 is 45.3. The molecule has 2 aromatic carbocycles. The summed E-state index contributed by atoms with van der Waals surface area (Å²) in [6.45, 7) is 1.68. The highest BCUT2D eigenvalue weighted by molar-refractivity contribution is 9.10. The Morgan fingerprint density at radius 1 is 1.06 bits per heavy atom. The molecule has 0 atom stereocenters. The smallest absolute Gasteiger partial charge is 0.416 e. The zero-order chi connectivity index (χ0) is 24.5. The van der Waals surface area contributed by atoms with Crippen LogP contribution in [0.5, 0.6) is 0 Å². The van der Waals surface area contributed by atoms with Crippen LogP contribution in [0.1, 0.15) is 56.2 Å². The highest BCUT2D eigenvalue weighted by Crippen LogP contribution is 2.32. The number of fused-ring (bicyclic) bond motifs is 1. The zero-order valence-electron chi connectivity index (χ0n) is 17.9. The van der Waals surface area contributed by atoms with Gasteiger partial charge in [-0.15, -0.1) is 0 Å². The van der Waals surface area contributed by atoms with Crippen LogP contribution in [0.15, 0.2) is 62.5 Å². The number of amides is 2. The van der Waals surface area contributed by atoms with E-state index in [1.54, 1.807) is 31.2 Å². The van der Waals surface area contributed by atoms with E-state index in [1.807, 2.05) is 0 Å². The number of nitrogens with one attached hydrogen (secondary N) is 2. The first-order valence-electron chi connectivity index (χ1n) is 10.4. The number of alkyl halides is 3. The van der Waals surface area contributed by atoms with Gasteiger partial charge in [-0.3, -0.25) is 9.59 Å². The van der Waals surface area contributed by atoms with E-state index in [1.165, 1.54) is 12.1 Å². The van der Waals surface area contributed by atoms with Crippen molar-refractivity contribution in [3.8, 4) is 0 Å². The van der Waals surface area contributed by atoms with Gasteiger partial charge in [0.05, 0.1) is 16.8 Å². The van der Waals surface area contributed by atoms with Crippen molar-refractivity contribution >= 4 is 39.1 Å². The molecule has 176 valence electrons. The number of furan rings is 1. The number of rotatable bonds is 4. The normalized spacial score (nSPS) is 14.6. The van der Waals surface area contributed by atoms with E-state index in [-0.39, 0.29) is 11.4 Å². The molecule has 1 aliphatic carbocycles. The fourth-order valence-corrected chi connectivity index (χ4v) is 4.25. The van der Waals surface area contributed by atoms with Crippen LogP contribution in [0.3, 0.4) is 0 Å². The van der Waals surface area contributed by atoms with Gasteiger partial charge in [0.1, 0.15) is 5.76 Å². The molecule has 0 saturated heterocycles. The molecular formula is C24H19BrF3N3O3. The van der Waals surface area contributed by atoms with Gasteiger partial charge in [0.15, 0.2) is 5.76 Å². The van der Waals surface area contributed by atoms with Gasteiger partial charge in [-0.1, -0.05) is 18.2 Å². The predicted octanol–water partition coefficient (Wildman–Crippen LogP) is 6.09. The van der Waals surface area contributed by atoms with Crippen LogP contribution in [0.2, 0.25) is 0 Å². The third kappa shape index (κ3) is 4.91. The first-order valence-corrected chi connectivity index (χ1v) is 11.2. The Kier molecular flexibility index (Phi) is 6.60. The van der Waals surface area contributed by atoms with Crippen LogP contribution in [0.25, 0.3) is 0 Å². The summed E-state index contributed by atoms with van der Waals surface area (Å²) in [7, 11) is 0. The maximum absolute atomic E-state index is 13.0. The Hall–Kier alpha value is -3.40. The molecular weight excluding hydrogens is 515 g/mol. The summed E-state index contributed by atoms with van der Waals surface area (Å²) in [4.78, 5) is 25.3. The van der Waals surface area contributed by atoms with E-state index in [0.29, 0.717) is 51.9 Å². The van der Waals surface area contributed by atoms with Crippen LogP contribution in [0.4, 0.5) is 18.9 Å². The second-order valence-corrected chi connectivity index (χ2v) is 8.57. The van der Waals surface area contributed by atoms with Crippen molar-refractivity contribution < 1.29 is 27.2 Å². The Labute approximate surface area is 201 Å². The molecule has 0 spiro atoms. The van der Waals surface area contributed by atoms with E-state index in [9.17, 15) is 22.8 Å². The van der Waals surface area contributed by atoms with Crippen LogP contribution >= 0.6 is 15.9 Å². The molecule has 3 aromatic rings. The van der Waals surface area contributed by atoms with Gasteiger partial charge in [-0.2, -0.15) is 18.3 Å². The molecule has 0 fully saturated rings. The third-order valence-corrected chi connectivity index (χ3v) is 6.08. The maximum Gasteiger partial charge on any atom is 0.416 e. The number of carbonyl (C=O) groups is 2. The molecule has 2 N–H and O–H groups in total. The molecule has 2 amide bonds. The van der Waals surface area contributed by atoms with Crippen molar-refractivity contribution in [3.63, 3.8) is 0 Å². The zero-order valence-corrected chi connectivity index (χ0v) is 19.5. The number of anilines is 1. The number of carbonyl (C=O) groups excluding carboxylic acids is 2. The molecule has 4 rings (SSSR count). The summed E-state index contributed by atoms with van der Waals surface area (Å²) in [5.74, 6) is -0.514.